The molecule has 0 saturated heterocycles. The topological polar surface area (TPSA) is 58.9 Å². The van der Waals surface area contributed by atoms with Crippen LogP contribution in [0.25, 0.3) is 0 Å². The van der Waals surface area contributed by atoms with Gasteiger partial charge in [-0.15, -0.1) is 0 Å². The van der Waals surface area contributed by atoms with Gasteiger partial charge in [-0.2, -0.15) is 0 Å². The second-order valence-corrected chi connectivity index (χ2v) is 5.39. The van der Waals surface area contributed by atoms with E-state index in [1.54, 1.807) is 0 Å². The summed E-state index contributed by atoms with van der Waals surface area (Å²) >= 11 is 0. The Morgan fingerprint density at radius 3 is 2.60 bits per heavy atom. The summed E-state index contributed by atoms with van der Waals surface area (Å²) in [5, 5.41) is 12.2. The molecule has 84 valence electrons. The standard InChI is InChI=1S/C11H17NO3/c1-10(2)7-4-5-11(10,3)8(6-7)12-15-9(13)14/h7H,4-6H2,1-3H3,(H,13,14)/b12-8-/t7-,11-/m1/s1. The molecule has 4 nitrogen and oxygen atoms in total. The second-order valence-electron chi connectivity index (χ2n) is 5.39. The van der Waals surface area contributed by atoms with Crippen LogP contribution in [-0.2, 0) is 4.84 Å². The van der Waals surface area contributed by atoms with Gasteiger partial charge in [-0.05, 0) is 30.6 Å². The second kappa shape index (κ2) is 2.97. The first-order valence-electron chi connectivity index (χ1n) is 5.35. The molecule has 0 aliphatic heterocycles. The largest absolute Gasteiger partial charge is 0.532 e. The Kier molecular flexibility index (Phi) is 2.07. The van der Waals surface area contributed by atoms with Crippen LogP contribution in [0.3, 0.4) is 0 Å². The molecule has 0 aromatic heterocycles. The van der Waals surface area contributed by atoms with E-state index in [1.165, 1.54) is 6.42 Å². The third-order valence-electron chi connectivity index (χ3n) is 4.75. The average molecular weight is 211 g/mol. The van der Waals surface area contributed by atoms with E-state index in [4.69, 9.17) is 5.11 Å². The van der Waals surface area contributed by atoms with Crippen LogP contribution in [0.2, 0.25) is 0 Å². The fraction of sp³-hybridized carbons (Fsp3) is 0.818. The Bertz CT molecular complexity index is 335. The van der Waals surface area contributed by atoms with Crippen molar-refractivity contribution in [2.24, 2.45) is 21.9 Å². The highest BCUT2D eigenvalue weighted by molar-refractivity contribution is 5.94. The van der Waals surface area contributed by atoms with Crippen LogP contribution in [0.4, 0.5) is 4.79 Å². The Hall–Kier alpha value is -1.06. The Balaban J connectivity index is 2.26. The minimum atomic E-state index is -1.33. The predicted molar refractivity (Wildman–Crippen MR) is 55.8 cm³/mol. The molecule has 2 saturated carbocycles. The molecule has 2 fully saturated rings. The van der Waals surface area contributed by atoms with Crippen molar-refractivity contribution in [3.05, 3.63) is 0 Å². The molecule has 2 bridgehead atoms. The normalized spacial score (nSPS) is 39.7. The summed E-state index contributed by atoms with van der Waals surface area (Å²) in [7, 11) is 0. The molecular weight excluding hydrogens is 194 g/mol. The molecule has 2 aliphatic rings. The number of fused-ring (bicyclic) bond motifs is 2. The number of hydrogen-bond donors (Lipinski definition) is 1. The van der Waals surface area contributed by atoms with Crippen LogP contribution < -0.4 is 0 Å². The molecule has 2 atom stereocenters. The molecular formula is C11H17NO3. The quantitative estimate of drug-likeness (QED) is 0.536. The van der Waals surface area contributed by atoms with Gasteiger partial charge in [0, 0.05) is 5.41 Å². The van der Waals surface area contributed by atoms with E-state index in [2.05, 4.69) is 30.8 Å². The molecule has 0 amide bonds. The molecule has 0 heterocycles. The van der Waals surface area contributed by atoms with Crippen LogP contribution >= 0.6 is 0 Å². The third kappa shape index (κ3) is 1.27. The lowest BCUT2D eigenvalue weighted by Gasteiger charge is -2.34. The maximum atomic E-state index is 10.3. The molecule has 2 rings (SSSR count). The number of oxime groups is 1. The van der Waals surface area contributed by atoms with Crippen LogP contribution in [0.1, 0.15) is 40.0 Å². The van der Waals surface area contributed by atoms with E-state index < -0.39 is 6.16 Å². The van der Waals surface area contributed by atoms with Crippen molar-refractivity contribution in [1.82, 2.24) is 0 Å². The van der Waals surface area contributed by atoms with Gasteiger partial charge in [0.15, 0.2) is 0 Å². The molecule has 0 radical (unpaired) electrons. The first kappa shape index (κ1) is 10.5. The summed E-state index contributed by atoms with van der Waals surface area (Å²) < 4.78 is 0. The van der Waals surface area contributed by atoms with Gasteiger partial charge in [0.05, 0.1) is 5.71 Å². The van der Waals surface area contributed by atoms with E-state index in [1.807, 2.05) is 0 Å². The van der Waals surface area contributed by atoms with Crippen LogP contribution in [0, 0.1) is 16.7 Å². The van der Waals surface area contributed by atoms with Gasteiger partial charge in [-0.25, -0.2) is 4.79 Å². The molecule has 0 unspecified atom stereocenters. The fourth-order valence-electron chi connectivity index (χ4n) is 3.16. The Morgan fingerprint density at radius 1 is 1.53 bits per heavy atom. The van der Waals surface area contributed by atoms with Gasteiger partial charge in [-0.1, -0.05) is 25.9 Å². The highest BCUT2D eigenvalue weighted by Crippen LogP contribution is 2.63. The number of carboxylic acid groups (broad SMARTS) is 1. The molecule has 0 aromatic rings. The zero-order valence-electron chi connectivity index (χ0n) is 9.41. The zero-order chi connectivity index (χ0) is 11.3. The van der Waals surface area contributed by atoms with Crippen molar-refractivity contribution in [3.8, 4) is 0 Å². The van der Waals surface area contributed by atoms with Gasteiger partial charge in [0.1, 0.15) is 0 Å². The molecule has 1 N–H and O–H groups in total. The van der Waals surface area contributed by atoms with Crippen LogP contribution in [0.5, 0.6) is 0 Å². The van der Waals surface area contributed by atoms with E-state index in [9.17, 15) is 4.79 Å². The predicted octanol–water partition coefficient (Wildman–Crippen LogP) is 2.88. The summed E-state index contributed by atoms with van der Waals surface area (Å²) in [5.41, 5.74) is 1.16. The number of hydrogen-bond acceptors (Lipinski definition) is 3. The van der Waals surface area contributed by atoms with E-state index in [-0.39, 0.29) is 10.8 Å². The lowest BCUT2D eigenvalue weighted by molar-refractivity contribution is 0.0926. The maximum absolute atomic E-state index is 10.3. The smallest absolute Gasteiger partial charge is 0.448 e. The number of rotatable bonds is 1. The highest BCUT2D eigenvalue weighted by Gasteiger charge is 2.60. The van der Waals surface area contributed by atoms with Gasteiger partial charge < -0.3 is 5.11 Å². The summed E-state index contributed by atoms with van der Waals surface area (Å²) in [5.74, 6) is 0.624. The molecule has 4 heteroatoms. The average Bonchev–Trinajstić information content (AvgIpc) is 2.46. The summed E-state index contributed by atoms with van der Waals surface area (Å²) in [6, 6.07) is 0. The maximum Gasteiger partial charge on any atom is 0.532 e. The van der Waals surface area contributed by atoms with Gasteiger partial charge in [-0.3, -0.25) is 4.84 Å². The van der Waals surface area contributed by atoms with Crippen LogP contribution in [0.15, 0.2) is 5.16 Å². The van der Waals surface area contributed by atoms with Crippen molar-refractivity contribution in [1.29, 1.82) is 0 Å². The highest BCUT2D eigenvalue weighted by atomic mass is 16.7. The van der Waals surface area contributed by atoms with Gasteiger partial charge in [0.25, 0.3) is 0 Å². The van der Waals surface area contributed by atoms with E-state index in [0.717, 1.165) is 18.6 Å². The third-order valence-corrected chi connectivity index (χ3v) is 4.75. The summed E-state index contributed by atoms with van der Waals surface area (Å²) in [4.78, 5) is 14.6. The lowest BCUT2D eigenvalue weighted by atomic mass is 9.70. The van der Waals surface area contributed by atoms with Gasteiger partial charge in [0.2, 0.25) is 0 Å². The van der Waals surface area contributed by atoms with Crippen molar-refractivity contribution in [2.75, 3.05) is 0 Å². The van der Waals surface area contributed by atoms with E-state index >= 15 is 0 Å². The zero-order valence-corrected chi connectivity index (χ0v) is 9.41. The molecule has 15 heavy (non-hydrogen) atoms. The fourth-order valence-corrected chi connectivity index (χ4v) is 3.16. The lowest BCUT2D eigenvalue weighted by Crippen LogP contribution is -2.32. The van der Waals surface area contributed by atoms with Crippen molar-refractivity contribution >= 4 is 11.9 Å². The minimum absolute atomic E-state index is 0.0209. The molecule has 0 spiro atoms. The first-order chi connectivity index (χ1) is 6.88. The Labute approximate surface area is 89.3 Å². The SMILES string of the molecule is CC1(C)[C@@H]2CC[C@]1(C)/C(=N\OC(=O)O)C2. The van der Waals surface area contributed by atoms with Crippen molar-refractivity contribution in [2.45, 2.75) is 40.0 Å². The summed E-state index contributed by atoms with van der Waals surface area (Å²) in [6.45, 7) is 6.66. The number of carbonyl (C=O) groups is 1. The van der Waals surface area contributed by atoms with Gasteiger partial charge >= 0.3 is 6.16 Å². The number of nitrogens with zero attached hydrogens (tertiary/aromatic N) is 1. The monoisotopic (exact) mass is 211 g/mol. The Morgan fingerprint density at radius 2 is 2.20 bits per heavy atom. The van der Waals surface area contributed by atoms with E-state index in [0.29, 0.717) is 5.92 Å². The van der Waals surface area contributed by atoms with Crippen LogP contribution in [-0.4, -0.2) is 17.0 Å². The van der Waals surface area contributed by atoms with Crippen molar-refractivity contribution in [3.63, 3.8) is 0 Å². The molecule has 0 aromatic carbocycles. The van der Waals surface area contributed by atoms with Crippen molar-refractivity contribution < 1.29 is 14.7 Å². The summed E-state index contributed by atoms with van der Waals surface area (Å²) in [6.07, 6.45) is 1.87. The molecule has 2 aliphatic carbocycles. The minimum Gasteiger partial charge on any atom is -0.448 e. The first-order valence-corrected chi connectivity index (χ1v) is 5.35.